The topological polar surface area (TPSA) is 88.7 Å². The fourth-order valence-electron chi connectivity index (χ4n) is 3.37. The monoisotopic (exact) mass is 350 g/mol. The average Bonchev–Trinajstić information content (AvgIpc) is 2.80. The van der Waals surface area contributed by atoms with Crippen molar-refractivity contribution >= 4 is 17.7 Å². The van der Waals surface area contributed by atoms with Crippen molar-refractivity contribution in [2.45, 2.75) is 59.9 Å². The number of aromatic nitrogens is 1. The number of carbonyl (C=O) groups excluding carboxylic acids is 3. The second-order valence-corrected chi connectivity index (χ2v) is 6.73. The molecule has 1 saturated heterocycles. The fourth-order valence-corrected chi connectivity index (χ4v) is 3.37. The van der Waals surface area contributed by atoms with E-state index in [1.54, 1.807) is 25.7 Å². The molecular formula is C18H26N2O5. The van der Waals surface area contributed by atoms with E-state index in [0.29, 0.717) is 29.9 Å². The van der Waals surface area contributed by atoms with Gasteiger partial charge < -0.3 is 19.4 Å². The third-order valence-corrected chi connectivity index (χ3v) is 4.36. The predicted molar refractivity (Wildman–Crippen MR) is 91.7 cm³/mol. The Hall–Kier alpha value is -2.15. The number of nitrogens with zero attached hydrogens (tertiary/aromatic N) is 1. The molecule has 0 aliphatic carbocycles. The highest BCUT2D eigenvalue weighted by Gasteiger charge is 2.31. The lowest BCUT2D eigenvalue weighted by Gasteiger charge is -2.36. The van der Waals surface area contributed by atoms with Gasteiger partial charge in [0.25, 0.3) is 5.91 Å². The Kier molecular flexibility index (Phi) is 5.67. The van der Waals surface area contributed by atoms with Gasteiger partial charge >= 0.3 is 5.97 Å². The lowest BCUT2D eigenvalue weighted by Crippen LogP contribution is -2.51. The minimum atomic E-state index is -0.909. The van der Waals surface area contributed by atoms with Gasteiger partial charge in [0.05, 0.1) is 12.2 Å². The number of hydrogen-bond donors (Lipinski definition) is 1. The summed E-state index contributed by atoms with van der Waals surface area (Å²) in [6.07, 6.45) is -1.02. The summed E-state index contributed by atoms with van der Waals surface area (Å²) in [5, 5.41) is 0. The number of aryl methyl sites for hydroxylation is 1. The van der Waals surface area contributed by atoms with E-state index in [9.17, 15) is 14.4 Å². The van der Waals surface area contributed by atoms with Crippen molar-refractivity contribution < 1.29 is 23.9 Å². The third kappa shape index (κ3) is 4.10. The number of H-pyrrole nitrogens is 1. The Balaban J connectivity index is 2.09. The van der Waals surface area contributed by atoms with Gasteiger partial charge in [0, 0.05) is 24.3 Å². The highest BCUT2D eigenvalue weighted by molar-refractivity contribution is 6.01. The minimum Gasteiger partial charge on any atom is -0.448 e. The maximum Gasteiger partial charge on any atom is 0.355 e. The van der Waals surface area contributed by atoms with Gasteiger partial charge in [0.1, 0.15) is 5.69 Å². The second kappa shape index (κ2) is 7.39. The number of esters is 1. The van der Waals surface area contributed by atoms with Crippen LogP contribution in [0.4, 0.5) is 0 Å². The average molecular weight is 350 g/mol. The molecule has 1 aromatic rings. The van der Waals surface area contributed by atoms with E-state index in [2.05, 4.69) is 4.98 Å². The van der Waals surface area contributed by atoms with Crippen molar-refractivity contribution in [1.82, 2.24) is 9.88 Å². The van der Waals surface area contributed by atoms with Crippen LogP contribution in [-0.4, -0.2) is 58.9 Å². The molecular weight excluding hydrogens is 324 g/mol. The Morgan fingerprint density at radius 1 is 1.20 bits per heavy atom. The molecule has 0 saturated carbocycles. The van der Waals surface area contributed by atoms with Gasteiger partial charge in [-0.3, -0.25) is 9.59 Å². The molecule has 7 heteroatoms. The van der Waals surface area contributed by atoms with Gasteiger partial charge in [-0.05, 0) is 47.1 Å². The predicted octanol–water partition coefficient (Wildman–Crippen LogP) is 2.02. The van der Waals surface area contributed by atoms with Crippen molar-refractivity contribution in [3.05, 3.63) is 22.5 Å². The SMILES string of the molecule is CC(=O)c1c(C)[nH]c(C(=O)O[C@H](C)C(=O)N2C[C@@H](C)O[C@H](C)C2)c1C. The fraction of sp³-hybridized carbons (Fsp3) is 0.611. The summed E-state index contributed by atoms with van der Waals surface area (Å²) in [6.45, 7) is 11.2. The second-order valence-electron chi connectivity index (χ2n) is 6.73. The first-order valence-electron chi connectivity index (χ1n) is 8.47. The lowest BCUT2D eigenvalue weighted by atomic mass is 10.1. The van der Waals surface area contributed by atoms with Crippen LogP contribution >= 0.6 is 0 Å². The normalized spacial score (nSPS) is 21.8. The summed E-state index contributed by atoms with van der Waals surface area (Å²) in [6, 6.07) is 0. The van der Waals surface area contributed by atoms with Gasteiger partial charge in [0.2, 0.25) is 0 Å². The standard InChI is InChI=1S/C18H26N2O5/c1-9-7-20(8-10(2)24-9)17(22)14(6)25-18(23)16-11(3)15(13(5)21)12(4)19-16/h9-10,14,19H,7-8H2,1-6H3/t9-,10-,14-/m1/s1. The smallest absolute Gasteiger partial charge is 0.355 e. The number of morpholine rings is 1. The van der Waals surface area contributed by atoms with Crippen LogP contribution in [0.15, 0.2) is 0 Å². The Labute approximate surface area is 147 Å². The van der Waals surface area contributed by atoms with Gasteiger partial charge in [-0.1, -0.05) is 0 Å². The van der Waals surface area contributed by atoms with Gasteiger partial charge in [0.15, 0.2) is 11.9 Å². The van der Waals surface area contributed by atoms with Crippen LogP contribution in [0.1, 0.15) is 59.8 Å². The molecule has 1 aliphatic rings. The largest absolute Gasteiger partial charge is 0.448 e. The molecule has 7 nitrogen and oxygen atoms in total. The summed E-state index contributed by atoms with van der Waals surface area (Å²) in [5.74, 6) is -1.00. The highest BCUT2D eigenvalue weighted by atomic mass is 16.5. The van der Waals surface area contributed by atoms with E-state index in [1.165, 1.54) is 6.92 Å². The molecule has 0 aromatic carbocycles. The van der Waals surface area contributed by atoms with Crippen LogP contribution in [0.2, 0.25) is 0 Å². The highest BCUT2D eigenvalue weighted by Crippen LogP contribution is 2.20. The van der Waals surface area contributed by atoms with Crippen LogP contribution in [0.3, 0.4) is 0 Å². The molecule has 2 rings (SSSR count). The number of ether oxygens (including phenoxy) is 2. The summed E-state index contributed by atoms with van der Waals surface area (Å²) in [7, 11) is 0. The summed E-state index contributed by atoms with van der Waals surface area (Å²) in [4.78, 5) is 41.2. The summed E-state index contributed by atoms with van der Waals surface area (Å²) >= 11 is 0. The van der Waals surface area contributed by atoms with Crippen molar-refractivity contribution in [3.63, 3.8) is 0 Å². The molecule has 0 spiro atoms. The van der Waals surface area contributed by atoms with Gasteiger partial charge in [-0.15, -0.1) is 0 Å². The number of hydrogen-bond acceptors (Lipinski definition) is 5. The maximum atomic E-state index is 12.6. The molecule has 1 aromatic heterocycles. The molecule has 1 fully saturated rings. The van der Waals surface area contributed by atoms with Crippen molar-refractivity contribution in [2.75, 3.05) is 13.1 Å². The first-order valence-corrected chi connectivity index (χ1v) is 8.47. The van der Waals surface area contributed by atoms with E-state index in [0.717, 1.165) is 0 Å². The zero-order valence-corrected chi connectivity index (χ0v) is 15.6. The van der Waals surface area contributed by atoms with Gasteiger partial charge in [-0.2, -0.15) is 0 Å². The molecule has 1 aliphatic heterocycles. The van der Waals surface area contributed by atoms with Gasteiger partial charge in [-0.25, -0.2) is 4.79 Å². The number of rotatable bonds is 4. The zero-order chi connectivity index (χ0) is 18.9. The van der Waals surface area contributed by atoms with Crippen LogP contribution in [0.5, 0.6) is 0 Å². The molecule has 138 valence electrons. The van der Waals surface area contributed by atoms with Crippen LogP contribution < -0.4 is 0 Å². The Morgan fingerprint density at radius 2 is 1.76 bits per heavy atom. The number of aromatic amines is 1. The molecule has 0 unspecified atom stereocenters. The maximum absolute atomic E-state index is 12.6. The lowest BCUT2D eigenvalue weighted by molar-refractivity contribution is -0.151. The number of Topliss-reactive ketones (excluding diaryl/α,β-unsaturated/α-hetero) is 1. The first-order chi connectivity index (χ1) is 11.6. The summed E-state index contributed by atoms with van der Waals surface area (Å²) in [5.41, 5.74) is 1.86. The quantitative estimate of drug-likeness (QED) is 0.663. The molecule has 1 N–H and O–H groups in total. The van der Waals surface area contributed by atoms with Crippen molar-refractivity contribution in [1.29, 1.82) is 0 Å². The molecule has 0 radical (unpaired) electrons. The van der Waals surface area contributed by atoms with E-state index in [1.807, 2.05) is 13.8 Å². The third-order valence-electron chi connectivity index (χ3n) is 4.36. The van der Waals surface area contributed by atoms with E-state index in [4.69, 9.17) is 9.47 Å². The molecule has 25 heavy (non-hydrogen) atoms. The van der Waals surface area contributed by atoms with E-state index >= 15 is 0 Å². The Morgan fingerprint density at radius 3 is 2.24 bits per heavy atom. The van der Waals surface area contributed by atoms with Crippen molar-refractivity contribution in [2.24, 2.45) is 0 Å². The number of nitrogens with one attached hydrogen (secondary N) is 1. The first kappa shape index (κ1) is 19.2. The number of carbonyl (C=O) groups is 3. The van der Waals surface area contributed by atoms with Crippen LogP contribution in [0, 0.1) is 13.8 Å². The molecule has 1 amide bonds. The molecule has 0 bridgehead atoms. The van der Waals surface area contributed by atoms with Crippen molar-refractivity contribution in [3.8, 4) is 0 Å². The van der Waals surface area contributed by atoms with E-state index in [-0.39, 0.29) is 29.6 Å². The van der Waals surface area contributed by atoms with Crippen LogP contribution in [-0.2, 0) is 14.3 Å². The number of amides is 1. The minimum absolute atomic E-state index is 0.0537. The van der Waals surface area contributed by atoms with E-state index < -0.39 is 12.1 Å². The molecule has 2 heterocycles. The zero-order valence-electron chi connectivity index (χ0n) is 15.6. The van der Waals surface area contributed by atoms with Crippen LogP contribution in [0.25, 0.3) is 0 Å². The number of ketones is 1. The summed E-state index contributed by atoms with van der Waals surface area (Å²) < 4.78 is 10.9. The molecule has 3 atom stereocenters. The Bertz CT molecular complexity index is 684.